The first-order valence-corrected chi connectivity index (χ1v) is 8.08. The molecule has 16 heteroatoms. The van der Waals surface area contributed by atoms with Crippen molar-refractivity contribution >= 4 is 40.3 Å². The number of nitrogens with one attached hydrogen (secondary N) is 1. The summed E-state index contributed by atoms with van der Waals surface area (Å²) in [6.07, 6.45) is -9.60. The average Bonchev–Trinajstić information content (AvgIpc) is 2.57. The van der Waals surface area contributed by atoms with Gasteiger partial charge in [0.2, 0.25) is 0 Å². The van der Waals surface area contributed by atoms with E-state index in [-0.39, 0.29) is 11.8 Å². The van der Waals surface area contributed by atoms with Gasteiger partial charge >= 0.3 is 18.0 Å². The van der Waals surface area contributed by atoms with Crippen LogP contribution in [0.4, 0.5) is 43.4 Å². The summed E-state index contributed by atoms with van der Waals surface area (Å²) >= 11 is 11.1. The Balaban J connectivity index is 2.55. The third-order valence-corrected chi connectivity index (χ3v) is 4.29. The minimum Gasteiger partial charge on any atom is -0.368 e. The van der Waals surface area contributed by atoms with Crippen LogP contribution < -0.4 is 5.32 Å². The summed E-state index contributed by atoms with van der Waals surface area (Å²) in [5, 5.41) is 22.6. The van der Waals surface area contributed by atoms with Crippen LogP contribution in [-0.4, -0.2) is 14.8 Å². The standard InChI is InChI=1S/C14H6Cl2F6N4O4/c15-7-1-5(13(17,18)19)3-23-8(7)4-24-11-9(25(27)28)2-6(14(20,21)22)10(16)12(11)26(29)30/h1-3,24H,4H2. The summed E-state index contributed by atoms with van der Waals surface area (Å²) in [4.78, 5) is 23.2. The number of rotatable bonds is 5. The van der Waals surface area contributed by atoms with Crippen molar-refractivity contribution in [2.75, 3.05) is 5.32 Å². The highest BCUT2D eigenvalue weighted by atomic mass is 35.5. The van der Waals surface area contributed by atoms with Crippen LogP contribution >= 0.6 is 23.2 Å². The second-order valence-corrected chi connectivity index (χ2v) is 6.28. The third-order valence-electron chi connectivity index (χ3n) is 3.58. The van der Waals surface area contributed by atoms with E-state index in [2.05, 4.69) is 10.3 Å². The van der Waals surface area contributed by atoms with Crippen LogP contribution in [0.3, 0.4) is 0 Å². The van der Waals surface area contributed by atoms with E-state index in [1.54, 1.807) is 0 Å². The number of aromatic nitrogens is 1. The summed E-state index contributed by atoms with van der Waals surface area (Å²) in [6, 6.07) is 0.494. The maximum Gasteiger partial charge on any atom is 0.418 e. The van der Waals surface area contributed by atoms with Crippen LogP contribution in [-0.2, 0) is 18.9 Å². The molecule has 0 saturated carbocycles. The van der Waals surface area contributed by atoms with E-state index >= 15 is 0 Å². The number of nitro groups is 2. The van der Waals surface area contributed by atoms with Gasteiger partial charge in [0, 0.05) is 12.3 Å². The molecule has 162 valence electrons. The minimum absolute atomic E-state index is 0.000542. The fourth-order valence-electron chi connectivity index (χ4n) is 2.25. The number of hydrogen-bond acceptors (Lipinski definition) is 6. The Morgan fingerprint density at radius 1 is 1.00 bits per heavy atom. The van der Waals surface area contributed by atoms with Crippen molar-refractivity contribution in [1.29, 1.82) is 0 Å². The Labute approximate surface area is 171 Å². The highest BCUT2D eigenvalue weighted by Crippen LogP contribution is 2.47. The van der Waals surface area contributed by atoms with Gasteiger partial charge in [-0.2, -0.15) is 26.3 Å². The molecule has 0 unspecified atom stereocenters. The van der Waals surface area contributed by atoms with E-state index in [0.717, 1.165) is 0 Å². The van der Waals surface area contributed by atoms with E-state index in [1.165, 1.54) is 0 Å². The van der Waals surface area contributed by atoms with E-state index in [0.29, 0.717) is 12.3 Å². The fourth-order valence-corrected chi connectivity index (χ4v) is 2.81. The number of alkyl halides is 6. The van der Waals surface area contributed by atoms with E-state index in [4.69, 9.17) is 23.2 Å². The smallest absolute Gasteiger partial charge is 0.368 e. The second kappa shape index (κ2) is 8.10. The molecule has 0 saturated heterocycles. The molecule has 0 fully saturated rings. The van der Waals surface area contributed by atoms with E-state index < -0.39 is 67.0 Å². The molecule has 2 rings (SSSR count). The Bertz CT molecular complexity index is 1030. The molecule has 1 aromatic heterocycles. The van der Waals surface area contributed by atoms with Gasteiger partial charge in [-0.25, -0.2) is 0 Å². The number of halogens is 8. The summed E-state index contributed by atoms with van der Waals surface area (Å²) in [5.41, 5.74) is -7.10. The molecule has 1 heterocycles. The van der Waals surface area contributed by atoms with Gasteiger partial charge in [0.25, 0.3) is 5.69 Å². The first-order chi connectivity index (χ1) is 13.6. The highest BCUT2D eigenvalue weighted by molar-refractivity contribution is 6.34. The average molecular weight is 479 g/mol. The van der Waals surface area contributed by atoms with E-state index in [1.807, 2.05) is 0 Å². The largest absolute Gasteiger partial charge is 0.418 e. The number of benzene rings is 1. The van der Waals surface area contributed by atoms with Gasteiger partial charge in [-0.15, -0.1) is 0 Å². The molecular weight excluding hydrogens is 473 g/mol. The minimum atomic E-state index is -5.23. The molecule has 0 aliphatic rings. The second-order valence-electron chi connectivity index (χ2n) is 5.50. The zero-order chi connectivity index (χ0) is 23.0. The van der Waals surface area contributed by atoms with Crippen molar-refractivity contribution in [3.05, 3.63) is 65.4 Å². The van der Waals surface area contributed by atoms with E-state index in [9.17, 15) is 46.6 Å². The van der Waals surface area contributed by atoms with Gasteiger partial charge in [0.15, 0.2) is 5.69 Å². The molecule has 2 aromatic rings. The molecular formula is C14H6Cl2F6N4O4. The first kappa shape index (κ1) is 23.4. The van der Waals surface area contributed by atoms with Crippen LogP contribution in [0.2, 0.25) is 10.0 Å². The van der Waals surface area contributed by atoms with Crippen molar-refractivity contribution in [3.8, 4) is 0 Å². The molecule has 0 radical (unpaired) electrons. The number of nitro benzene ring substituents is 2. The van der Waals surface area contributed by atoms with Gasteiger partial charge in [0.05, 0.1) is 38.2 Å². The lowest BCUT2D eigenvalue weighted by atomic mass is 10.1. The molecule has 1 N–H and O–H groups in total. The van der Waals surface area contributed by atoms with Crippen molar-refractivity contribution in [3.63, 3.8) is 0 Å². The Morgan fingerprint density at radius 3 is 2.03 bits per heavy atom. The van der Waals surface area contributed by atoms with Crippen molar-refractivity contribution in [2.24, 2.45) is 0 Å². The van der Waals surface area contributed by atoms with Crippen LogP contribution in [0, 0.1) is 20.2 Å². The lowest BCUT2D eigenvalue weighted by Crippen LogP contribution is -2.13. The summed E-state index contributed by atoms with van der Waals surface area (Å²) in [6.45, 7) is -0.694. The number of hydrogen-bond donors (Lipinski definition) is 1. The zero-order valence-electron chi connectivity index (χ0n) is 13.9. The molecule has 0 spiro atoms. The lowest BCUT2D eigenvalue weighted by molar-refractivity contribution is -0.392. The van der Waals surface area contributed by atoms with Crippen LogP contribution in [0.25, 0.3) is 0 Å². The third kappa shape index (κ3) is 4.81. The topological polar surface area (TPSA) is 111 Å². The Kier molecular flexibility index (Phi) is 6.32. The van der Waals surface area contributed by atoms with Crippen molar-refractivity contribution in [1.82, 2.24) is 4.98 Å². The van der Waals surface area contributed by atoms with Gasteiger partial charge in [-0.05, 0) is 6.07 Å². The van der Waals surface area contributed by atoms with Crippen LogP contribution in [0.1, 0.15) is 16.8 Å². The van der Waals surface area contributed by atoms with Gasteiger partial charge < -0.3 is 5.32 Å². The predicted molar refractivity (Wildman–Crippen MR) is 91.3 cm³/mol. The number of nitrogens with zero attached hydrogens (tertiary/aromatic N) is 3. The molecule has 30 heavy (non-hydrogen) atoms. The normalized spacial score (nSPS) is 12.0. The summed E-state index contributed by atoms with van der Waals surface area (Å²) in [7, 11) is 0. The summed E-state index contributed by atoms with van der Waals surface area (Å²) < 4.78 is 77.0. The molecule has 0 amide bonds. The number of anilines is 1. The van der Waals surface area contributed by atoms with Crippen LogP contribution in [0.15, 0.2) is 18.3 Å². The maximum absolute atomic E-state index is 13.0. The monoisotopic (exact) mass is 478 g/mol. The van der Waals surface area contributed by atoms with Crippen LogP contribution in [0.5, 0.6) is 0 Å². The molecule has 0 atom stereocenters. The van der Waals surface area contributed by atoms with Crippen molar-refractivity contribution < 1.29 is 36.2 Å². The van der Waals surface area contributed by atoms with Gasteiger partial charge in [-0.3, -0.25) is 25.2 Å². The maximum atomic E-state index is 13.0. The summed E-state index contributed by atoms with van der Waals surface area (Å²) in [5.74, 6) is 0. The zero-order valence-corrected chi connectivity index (χ0v) is 15.4. The molecule has 0 bridgehead atoms. The predicted octanol–water partition coefficient (Wildman–Crippen LogP) is 5.85. The number of pyridine rings is 1. The SMILES string of the molecule is O=[N+]([O-])c1cc(C(F)(F)F)c(Cl)c([N+](=O)[O-])c1NCc1ncc(C(F)(F)F)cc1Cl. The molecule has 0 aliphatic heterocycles. The molecule has 8 nitrogen and oxygen atoms in total. The molecule has 1 aromatic carbocycles. The van der Waals surface area contributed by atoms with Crippen molar-refractivity contribution in [2.45, 2.75) is 18.9 Å². The Hall–Kier alpha value is -2.87. The molecule has 0 aliphatic carbocycles. The van der Waals surface area contributed by atoms with Gasteiger partial charge in [0.1, 0.15) is 5.02 Å². The lowest BCUT2D eigenvalue weighted by Gasteiger charge is -2.14. The Morgan fingerprint density at radius 2 is 1.60 bits per heavy atom. The fraction of sp³-hybridized carbons (Fsp3) is 0.214. The highest BCUT2D eigenvalue weighted by Gasteiger charge is 2.42. The van der Waals surface area contributed by atoms with Gasteiger partial charge in [-0.1, -0.05) is 23.2 Å². The first-order valence-electron chi connectivity index (χ1n) is 7.32. The quantitative estimate of drug-likeness (QED) is 0.327.